The number of rotatable bonds is 6. The van der Waals surface area contributed by atoms with Crippen LogP contribution in [0, 0.1) is 6.92 Å². The van der Waals surface area contributed by atoms with Crippen molar-refractivity contribution in [2.75, 3.05) is 0 Å². The summed E-state index contributed by atoms with van der Waals surface area (Å²) < 4.78 is 9.39. The van der Waals surface area contributed by atoms with Crippen molar-refractivity contribution in [2.45, 2.75) is 52.2 Å². The highest BCUT2D eigenvalue weighted by Gasteiger charge is 2.20. The molecule has 0 unspecified atom stereocenters. The second-order valence-electron chi connectivity index (χ2n) is 7.05. The molecule has 1 saturated carbocycles. The summed E-state index contributed by atoms with van der Waals surface area (Å²) in [6, 6.07) is 7.35. The zero-order valence-corrected chi connectivity index (χ0v) is 15.8. The van der Waals surface area contributed by atoms with Crippen LogP contribution in [0.5, 0.6) is 5.88 Å². The maximum atomic E-state index is 11.9. The van der Waals surface area contributed by atoms with E-state index < -0.39 is 0 Å². The summed E-state index contributed by atoms with van der Waals surface area (Å²) in [6.45, 7) is 4.74. The van der Waals surface area contributed by atoms with Crippen LogP contribution in [0.25, 0.3) is 16.8 Å². The minimum Gasteiger partial charge on any atom is -0.474 e. The molecule has 0 bridgehead atoms. The van der Waals surface area contributed by atoms with Gasteiger partial charge in [0.05, 0.1) is 11.9 Å². The molecule has 1 aliphatic rings. The Morgan fingerprint density at radius 1 is 1.19 bits per heavy atom. The molecule has 0 atom stereocenters. The fourth-order valence-electron chi connectivity index (χ4n) is 3.24. The Morgan fingerprint density at radius 2 is 2.04 bits per heavy atom. The van der Waals surface area contributed by atoms with Gasteiger partial charge < -0.3 is 9.30 Å². The number of hydrogen-bond donors (Lipinski definition) is 0. The Kier molecular flexibility index (Phi) is 4.79. The molecule has 0 aromatic carbocycles. The summed E-state index contributed by atoms with van der Waals surface area (Å²) in [4.78, 5) is 16.5. The average Bonchev–Trinajstić information content (AvgIpc) is 3.10. The smallest absolute Gasteiger partial charge is 0.250 e. The van der Waals surface area contributed by atoms with Crippen molar-refractivity contribution < 1.29 is 4.74 Å². The van der Waals surface area contributed by atoms with Crippen LogP contribution in [0.15, 0.2) is 47.7 Å². The second kappa shape index (κ2) is 7.39. The zero-order valence-electron chi connectivity index (χ0n) is 15.8. The molecule has 140 valence electrons. The van der Waals surface area contributed by atoms with Gasteiger partial charge >= 0.3 is 0 Å². The highest BCUT2D eigenvalue weighted by atomic mass is 16.5. The first kappa shape index (κ1) is 17.5. The summed E-state index contributed by atoms with van der Waals surface area (Å²) in [5.74, 6) is 0.694. The SMILES string of the molecule is CCCn1cc(-n2cc(-c3ccc(OC4CCC4)nc3C)cn2)ccc1=O. The normalized spacial score (nSPS) is 14.1. The van der Waals surface area contributed by atoms with Gasteiger partial charge in [0, 0.05) is 47.9 Å². The van der Waals surface area contributed by atoms with Gasteiger partial charge in [0.2, 0.25) is 5.88 Å². The van der Waals surface area contributed by atoms with Crippen LogP contribution in [0.2, 0.25) is 0 Å². The summed E-state index contributed by atoms with van der Waals surface area (Å²) in [6.07, 6.45) is 10.4. The summed E-state index contributed by atoms with van der Waals surface area (Å²) in [5.41, 5.74) is 3.81. The maximum Gasteiger partial charge on any atom is 0.250 e. The van der Waals surface area contributed by atoms with Crippen LogP contribution in [-0.4, -0.2) is 25.4 Å². The predicted octanol–water partition coefficient (Wildman–Crippen LogP) is 3.75. The lowest BCUT2D eigenvalue weighted by atomic mass is 9.96. The molecule has 3 aromatic heterocycles. The van der Waals surface area contributed by atoms with Crippen molar-refractivity contribution in [3.8, 4) is 22.7 Å². The first-order chi connectivity index (χ1) is 13.1. The molecule has 0 aliphatic heterocycles. The van der Waals surface area contributed by atoms with Crippen LogP contribution in [0.1, 0.15) is 38.3 Å². The molecule has 0 saturated heterocycles. The van der Waals surface area contributed by atoms with Crippen molar-refractivity contribution >= 4 is 0 Å². The number of ether oxygens (including phenoxy) is 1. The molecular formula is C21H24N4O2. The lowest BCUT2D eigenvalue weighted by Crippen LogP contribution is -2.25. The molecular weight excluding hydrogens is 340 g/mol. The van der Waals surface area contributed by atoms with Gasteiger partial charge in [-0.2, -0.15) is 5.10 Å². The lowest BCUT2D eigenvalue weighted by molar-refractivity contribution is 0.114. The van der Waals surface area contributed by atoms with Crippen molar-refractivity contribution in [1.29, 1.82) is 0 Å². The highest BCUT2D eigenvalue weighted by molar-refractivity contribution is 5.65. The Hall–Kier alpha value is -2.89. The molecule has 0 radical (unpaired) electrons. The molecule has 3 heterocycles. The van der Waals surface area contributed by atoms with Gasteiger partial charge in [-0.15, -0.1) is 0 Å². The van der Waals surface area contributed by atoms with Gasteiger partial charge in [-0.05, 0) is 44.7 Å². The molecule has 0 amide bonds. The second-order valence-corrected chi connectivity index (χ2v) is 7.05. The van der Waals surface area contributed by atoms with Crippen LogP contribution in [-0.2, 0) is 6.54 Å². The van der Waals surface area contributed by atoms with Gasteiger partial charge in [0.25, 0.3) is 5.56 Å². The third-order valence-corrected chi connectivity index (χ3v) is 4.99. The van der Waals surface area contributed by atoms with E-state index in [4.69, 9.17) is 4.74 Å². The van der Waals surface area contributed by atoms with E-state index in [1.54, 1.807) is 21.4 Å². The van der Waals surface area contributed by atoms with E-state index >= 15 is 0 Å². The number of nitrogens with zero attached hydrogens (tertiary/aromatic N) is 4. The fraction of sp³-hybridized carbons (Fsp3) is 0.381. The minimum atomic E-state index is 0.00933. The Labute approximate surface area is 158 Å². The molecule has 6 nitrogen and oxygen atoms in total. The highest BCUT2D eigenvalue weighted by Crippen LogP contribution is 2.28. The molecule has 4 rings (SSSR count). The van der Waals surface area contributed by atoms with Crippen LogP contribution in [0.4, 0.5) is 0 Å². The van der Waals surface area contributed by atoms with Gasteiger partial charge in [-0.3, -0.25) is 4.79 Å². The predicted molar refractivity (Wildman–Crippen MR) is 104 cm³/mol. The van der Waals surface area contributed by atoms with E-state index in [1.165, 1.54) is 6.42 Å². The fourth-order valence-corrected chi connectivity index (χ4v) is 3.24. The van der Waals surface area contributed by atoms with Crippen molar-refractivity contribution in [1.82, 2.24) is 19.3 Å². The Morgan fingerprint density at radius 3 is 2.74 bits per heavy atom. The number of aryl methyl sites for hydroxylation is 2. The number of hydrogen-bond acceptors (Lipinski definition) is 4. The third kappa shape index (κ3) is 3.65. The van der Waals surface area contributed by atoms with E-state index in [-0.39, 0.29) is 5.56 Å². The van der Waals surface area contributed by atoms with Crippen molar-refractivity contribution in [2.24, 2.45) is 0 Å². The van der Waals surface area contributed by atoms with Crippen molar-refractivity contribution in [3.05, 3.63) is 58.9 Å². The third-order valence-electron chi connectivity index (χ3n) is 4.99. The van der Waals surface area contributed by atoms with E-state index in [9.17, 15) is 4.79 Å². The minimum absolute atomic E-state index is 0.00933. The molecule has 1 aliphatic carbocycles. The van der Waals surface area contributed by atoms with E-state index in [0.717, 1.165) is 41.8 Å². The van der Waals surface area contributed by atoms with Gasteiger partial charge in [0.15, 0.2) is 0 Å². The largest absolute Gasteiger partial charge is 0.474 e. The lowest BCUT2D eigenvalue weighted by Gasteiger charge is -2.25. The van der Waals surface area contributed by atoms with Crippen LogP contribution in [0.3, 0.4) is 0 Å². The average molecular weight is 364 g/mol. The first-order valence-electron chi connectivity index (χ1n) is 9.54. The van der Waals surface area contributed by atoms with E-state index in [1.807, 2.05) is 37.6 Å². The summed E-state index contributed by atoms with van der Waals surface area (Å²) >= 11 is 0. The zero-order chi connectivity index (χ0) is 18.8. The first-order valence-corrected chi connectivity index (χ1v) is 9.54. The standard InChI is InChI=1S/C21H24N4O2/c1-3-11-24-14-17(7-10-21(24)26)25-13-16(12-22-25)19-8-9-20(23-15(19)2)27-18-5-4-6-18/h7-10,12-14,18H,3-6,11H2,1-2H3. The van der Waals surface area contributed by atoms with E-state index in [2.05, 4.69) is 17.0 Å². The topological polar surface area (TPSA) is 61.9 Å². The van der Waals surface area contributed by atoms with Gasteiger partial charge in [-0.1, -0.05) is 6.92 Å². The Balaban J connectivity index is 1.59. The van der Waals surface area contributed by atoms with Crippen LogP contribution < -0.4 is 10.3 Å². The molecule has 0 N–H and O–H groups in total. The monoisotopic (exact) mass is 364 g/mol. The quantitative estimate of drug-likeness (QED) is 0.668. The van der Waals surface area contributed by atoms with Crippen molar-refractivity contribution in [3.63, 3.8) is 0 Å². The number of aromatic nitrogens is 4. The molecule has 6 heteroatoms. The van der Waals surface area contributed by atoms with E-state index in [0.29, 0.717) is 18.5 Å². The molecule has 27 heavy (non-hydrogen) atoms. The van der Waals surface area contributed by atoms with Crippen LogP contribution >= 0.6 is 0 Å². The summed E-state index contributed by atoms with van der Waals surface area (Å²) in [7, 11) is 0. The maximum absolute atomic E-state index is 11.9. The van der Waals surface area contributed by atoms with Gasteiger partial charge in [0.1, 0.15) is 6.10 Å². The molecule has 0 spiro atoms. The summed E-state index contributed by atoms with van der Waals surface area (Å²) in [5, 5.41) is 4.47. The number of pyridine rings is 2. The Bertz CT molecular complexity index is 1000. The van der Waals surface area contributed by atoms with Gasteiger partial charge in [-0.25, -0.2) is 9.67 Å². The molecule has 1 fully saturated rings. The molecule has 3 aromatic rings.